The van der Waals surface area contributed by atoms with Crippen molar-refractivity contribution in [3.63, 3.8) is 0 Å². The SMILES string of the molecule is N#Cc1ccc2nc(Nc3cnn(C4CCOCC4)c3)nc(NC3CCC(N4CCOCC4)CC3)c2c1. The molecule has 3 aromatic rings. The van der Waals surface area contributed by atoms with Gasteiger partial charge in [-0.3, -0.25) is 9.58 Å². The first-order valence-electron chi connectivity index (χ1n) is 13.4. The van der Waals surface area contributed by atoms with Crippen molar-refractivity contribution in [3.05, 3.63) is 36.2 Å². The molecule has 0 unspecified atom stereocenters. The van der Waals surface area contributed by atoms with Crippen molar-refractivity contribution < 1.29 is 9.47 Å². The molecular weight excluding hydrogens is 468 g/mol. The number of rotatable bonds is 6. The first-order chi connectivity index (χ1) is 18.2. The fourth-order valence-corrected chi connectivity index (χ4v) is 5.77. The molecule has 4 heterocycles. The molecule has 2 saturated heterocycles. The molecule has 0 atom stereocenters. The monoisotopic (exact) mass is 502 g/mol. The molecule has 37 heavy (non-hydrogen) atoms. The van der Waals surface area contributed by atoms with Gasteiger partial charge in [0, 0.05) is 50.0 Å². The Morgan fingerprint density at radius 3 is 2.49 bits per heavy atom. The van der Waals surface area contributed by atoms with Gasteiger partial charge in [-0.25, -0.2) is 4.98 Å². The van der Waals surface area contributed by atoms with Crippen LogP contribution in [0, 0.1) is 11.3 Å². The molecule has 2 aromatic heterocycles. The Balaban J connectivity index is 1.19. The number of nitriles is 1. The zero-order valence-corrected chi connectivity index (χ0v) is 21.1. The van der Waals surface area contributed by atoms with Gasteiger partial charge in [0.15, 0.2) is 0 Å². The van der Waals surface area contributed by atoms with Crippen molar-refractivity contribution in [1.82, 2.24) is 24.6 Å². The summed E-state index contributed by atoms with van der Waals surface area (Å²) in [6.45, 7) is 5.31. The minimum absolute atomic E-state index is 0.338. The lowest BCUT2D eigenvalue weighted by atomic mass is 9.90. The lowest BCUT2D eigenvalue weighted by Gasteiger charge is -2.39. The van der Waals surface area contributed by atoms with E-state index in [1.54, 1.807) is 6.07 Å². The number of hydrogen-bond donors (Lipinski definition) is 2. The highest BCUT2D eigenvalue weighted by Crippen LogP contribution is 2.30. The van der Waals surface area contributed by atoms with Crippen LogP contribution in [0.5, 0.6) is 0 Å². The molecule has 0 bridgehead atoms. The predicted molar refractivity (Wildman–Crippen MR) is 141 cm³/mol. The molecule has 1 aromatic carbocycles. The van der Waals surface area contributed by atoms with Crippen molar-refractivity contribution in [2.75, 3.05) is 50.2 Å². The van der Waals surface area contributed by atoms with Gasteiger partial charge in [-0.15, -0.1) is 0 Å². The van der Waals surface area contributed by atoms with Crippen LogP contribution in [-0.2, 0) is 9.47 Å². The third kappa shape index (κ3) is 5.54. The van der Waals surface area contributed by atoms with E-state index in [0.717, 1.165) is 87.6 Å². The van der Waals surface area contributed by atoms with Crippen LogP contribution in [0.2, 0.25) is 0 Å². The summed E-state index contributed by atoms with van der Waals surface area (Å²) in [5.41, 5.74) is 2.27. The summed E-state index contributed by atoms with van der Waals surface area (Å²) in [5, 5.41) is 22.0. The topological polar surface area (TPSA) is 113 Å². The number of aromatic nitrogens is 4. The standard InChI is InChI=1S/C27H34N8O2/c28-16-19-1-6-25-24(15-19)26(30-20-2-4-22(5-3-20)34-9-13-37-14-10-34)33-27(32-25)31-21-17-29-35(18-21)23-7-11-36-12-8-23/h1,6,15,17-18,20,22-23H,2-5,7-14H2,(H2,30,31,32,33). The lowest BCUT2D eigenvalue weighted by molar-refractivity contribution is 0.00791. The van der Waals surface area contributed by atoms with E-state index in [1.807, 2.05) is 29.2 Å². The van der Waals surface area contributed by atoms with Crippen LogP contribution in [0.25, 0.3) is 10.9 Å². The molecule has 10 heteroatoms. The summed E-state index contributed by atoms with van der Waals surface area (Å²) in [6.07, 6.45) is 10.3. The fourth-order valence-electron chi connectivity index (χ4n) is 5.77. The Kier molecular flexibility index (Phi) is 7.17. The van der Waals surface area contributed by atoms with E-state index in [-0.39, 0.29) is 0 Å². The summed E-state index contributed by atoms with van der Waals surface area (Å²) < 4.78 is 13.0. The van der Waals surface area contributed by atoms with Gasteiger partial charge in [-0.1, -0.05) is 0 Å². The van der Waals surface area contributed by atoms with Gasteiger partial charge in [-0.05, 0) is 56.7 Å². The maximum absolute atomic E-state index is 9.47. The number of nitrogens with one attached hydrogen (secondary N) is 2. The largest absolute Gasteiger partial charge is 0.381 e. The van der Waals surface area contributed by atoms with Crippen molar-refractivity contribution in [2.45, 2.75) is 56.7 Å². The van der Waals surface area contributed by atoms with Gasteiger partial charge in [0.05, 0.1) is 48.3 Å². The maximum Gasteiger partial charge on any atom is 0.229 e. The van der Waals surface area contributed by atoms with Crippen LogP contribution in [0.15, 0.2) is 30.6 Å². The predicted octanol–water partition coefficient (Wildman–Crippen LogP) is 3.85. The third-order valence-corrected chi connectivity index (χ3v) is 7.85. The molecular formula is C27H34N8O2. The summed E-state index contributed by atoms with van der Waals surface area (Å²) >= 11 is 0. The van der Waals surface area contributed by atoms with Crippen LogP contribution in [0.1, 0.15) is 50.1 Å². The molecule has 1 saturated carbocycles. The van der Waals surface area contributed by atoms with Crippen molar-refractivity contribution >= 4 is 28.4 Å². The van der Waals surface area contributed by atoms with Crippen molar-refractivity contribution in [3.8, 4) is 6.07 Å². The average Bonchev–Trinajstić information content (AvgIpc) is 3.43. The Labute approximate surface area is 217 Å². The van der Waals surface area contributed by atoms with E-state index < -0.39 is 0 Å². The number of fused-ring (bicyclic) bond motifs is 1. The van der Waals surface area contributed by atoms with E-state index >= 15 is 0 Å². The van der Waals surface area contributed by atoms with Gasteiger partial charge in [0.1, 0.15) is 5.82 Å². The number of ether oxygens (including phenoxy) is 2. The Hall–Kier alpha value is -3.26. The second kappa shape index (κ2) is 11.0. The van der Waals surface area contributed by atoms with E-state index in [4.69, 9.17) is 19.4 Å². The summed E-state index contributed by atoms with van der Waals surface area (Å²) in [5.74, 6) is 1.30. The summed E-state index contributed by atoms with van der Waals surface area (Å²) in [4.78, 5) is 12.2. The van der Waals surface area contributed by atoms with Crippen LogP contribution in [0.3, 0.4) is 0 Å². The molecule has 6 rings (SSSR count). The number of morpholine rings is 1. The molecule has 2 N–H and O–H groups in total. The minimum Gasteiger partial charge on any atom is -0.381 e. The summed E-state index contributed by atoms with van der Waals surface area (Å²) in [6, 6.07) is 9.16. The molecule has 194 valence electrons. The van der Waals surface area contributed by atoms with E-state index in [2.05, 4.69) is 26.7 Å². The molecule has 2 aliphatic heterocycles. The van der Waals surface area contributed by atoms with Gasteiger partial charge in [0.25, 0.3) is 0 Å². The van der Waals surface area contributed by atoms with Crippen LogP contribution in [-0.4, -0.2) is 76.2 Å². The minimum atomic E-state index is 0.338. The highest BCUT2D eigenvalue weighted by Gasteiger charge is 2.27. The lowest BCUT2D eigenvalue weighted by Crippen LogP contribution is -2.46. The molecule has 10 nitrogen and oxygen atoms in total. The molecule has 0 spiro atoms. The molecule has 0 amide bonds. The highest BCUT2D eigenvalue weighted by molar-refractivity contribution is 5.91. The maximum atomic E-state index is 9.47. The van der Waals surface area contributed by atoms with E-state index in [1.165, 1.54) is 12.8 Å². The normalized spacial score (nSPS) is 23.5. The second-order valence-corrected chi connectivity index (χ2v) is 10.2. The molecule has 1 aliphatic carbocycles. The highest BCUT2D eigenvalue weighted by atomic mass is 16.5. The van der Waals surface area contributed by atoms with Gasteiger partial charge in [0.2, 0.25) is 5.95 Å². The smallest absolute Gasteiger partial charge is 0.229 e. The zero-order valence-electron chi connectivity index (χ0n) is 21.1. The number of hydrogen-bond acceptors (Lipinski definition) is 9. The second-order valence-electron chi connectivity index (χ2n) is 10.2. The Bertz CT molecular complexity index is 1250. The van der Waals surface area contributed by atoms with E-state index in [0.29, 0.717) is 29.6 Å². The fraction of sp³-hybridized carbons (Fsp3) is 0.556. The average molecular weight is 503 g/mol. The molecule has 3 aliphatic rings. The number of benzene rings is 1. The Morgan fingerprint density at radius 2 is 1.70 bits per heavy atom. The van der Waals surface area contributed by atoms with Crippen LogP contribution < -0.4 is 10.6 Å². The Morgan fingerprint density at radius 1 is 0.919 bits per heavy atom. The zero-order chi connectivity index (χ0) is 25.0. The first kappa shape index (κ1) is 24.1. The quantitative estimate of drug-likeness (QED) is 0.519. The van der Waals surface area contributed by atoms with E-state index in [9.17, 15) is 5.26 Å². The van der Waals surface area contributed by atoms with Crippen LogP contribution >= 0.6 is 0 Å². The third-order valence-electron chi connectivity index (χ3n) is 7.85. The number of anilines is 3. The molecule has 3 fully saturated rings. The first-order valence-corrected chi connectivity index (χ1v) is 13.4. The van der Waals surface area contributed by atoms with Gasteiger partial charge >= 0.3 is 0 Å². The van der Waals surface area contributed by atoms with Gasteiger partial charge < -0.3 is 20.1 Å². The van der Waals surface area contributed by atoms with Gasteiger partial charge in [-0.2, -0.15) is 15.3 Å². The number of nitrogens with zero attached hydrogens (tertiary/aromatic N) is 6. The van der Waals surface area contributed by atoms with Crippen LogP contribution in [0.4, 0.5) is 17.5 Å². The van der Waals surface area contributed by atoms with Crippen molar-refractivity contribution in [2.24, 2.45) is 0 Å². The van der Waals surface area contributed by atoms with Crippen molar-refractivity contribution in [1.29, 1.82) is 5.26 Å². The molecule has 0 radical (unpaired) electrons. The summed E-state index contributed by atoms with van der Waals surface area (Å²) in [7, 11) is 0.